The molecule has 0 radical (unpaired) electrons. The standard InChI is InChI=1S/C27H42FN5O2Si/c1-26(2,3)36(5,6)35-20-21-8-7-9-23(24(21)28)32-16-14-31(15-17-32)22-18-29-25(30-19-22)33-12-10-27(4,34)11-13-33/h7-9,18-19,34H,10-17,20H2,1-6H3. The average molecular weight is 516 g/mol. The Morgan fingerprint density at radius 1 is 0.972 bits per heavy atom. The average Bonchev–Trinajstić information content (AvgIpc) is 2.83. The van der Waals surface area contributed by atoms with E-state index in [2.05, 4.69) is 58.5 Å². The predicted octanol–water partition coefficient (Wildman–Crippen LogP) is 4.82. The summed E-state index contributed by atoms with van der Waals surface area (Å²) in [6.45, 7) is 17.7. The summed E-state index contributed by atoms with van der Waals surface area (Å²) in [5.41, 5.74) is 1.67. The van der Waals surface area contributed by atoms with Crippen molar-refractivity contribution >= 4 is 25.6 Å². The third-order valence-corrected chi connectivity index (χ3v) is 12.7. The zero-order valence-electron chi connectivity index (χ0n) is 22.7. The summed E-state index contributed by atoms with van der Waals surface area (Å²) in [6, 6.07) is 5.64. The summed E-state index contributed by atoms with van der Waals surface area (Å²) in [4.78, 5) is 15.7. The zero-order chi connectivity index (χ0) is 26.1. The molecule has 2 aromatic rings. The van der Waals surface area contributed by atoms with Crippen molar-refractivity contribution in [2.24, 2.45) is 0 Å². The number of aromatic nitrogens is 2. The molecule has 0 unspecified atom stereocenters. The number of hydrogen-bond acceptors (Lipinski definition) is 7. The van der Waals surface area contributed by atoms with Crippen molar-refractivity contribution in [3.05, 3.63) is 42.0 Å². The Hall–Kier alpha value is -2.23. The van der Waals surface area contributed by atoms with Crippen molar-refractivity contribution in [1.82, 2.24) is 9.97 Å². The van der Waals surface area contributed by atoms with Crippen LogP contribution in [0.3, 0.4) is 0 Å². The van der Waals surface area contributed by atoms with E-state index in [4.69, 9.17) is 4.43 Å². The number of halogens is 1. The van der Waals surface area contributed by atoms with Gasteiger partial charge < -0.3 is 24.2 Å². The molecule has 0 bridgehead atoms. The third-order valence-electron chi connectivity index (χ3n) is 8.19. The van der Waals surface area contributed by atoms with E-state index >= 15 is 4.39 Å². The number of rotatable bonds is 6. The van der Waals surface area contributed by atoms with Gasteiger partial charge in [0.2, 0.25) is 5.95 Å². The van der Waals surface area contributed by atoms with Crippen LogP contribution in [0.2, 0.25) is 18.1 Å². The van der Waals surface area contributed by atoms with Crippen LogP contribution >= 0.6 is 0 Å². The maximum absolute atomic E-state index is 15.5. The molecule has 1 aromatic heterocycles. The molecule has 1 N–H and O–H groups in total. The summed E-state index contributed by atoms with van der Waals surface area (Å²) in [5, 5.41) is 10.3. The Morgan fingerprint density at radius 3 is 2.14 bits per heavy atom. The van der Waals surface area contributed by atoms with E-state index in [0.29, 0.717) is 23.8 Å². The van der Waals surface area contributed by atoms with Gasteiger partial charge in [-0.25, -0.2) is 14.4 Å². The molecular formula is C27H42FN5O2Si. The van der Waals surface area contributed by atoms with E-state index in [0.717, 1.165) is 57.8 Å². The minimum Gasteiger partial charge on any atom is -0.412 e. The smallest absolute Gasteiger partial charge is 0.225 e. The molecule has 9 heteroatoms. The summed E-state index contributed by atoms with van der Waals surface area (Å²) in [5.74, 6) is 0.546. The van der Waals surface area contributed by atoms with E-state index < -0.39 is 13.9 Å². The monoisotopic (exact) mass is 515 g/mol. The number of piperazine rings is 1. The molecular weight excluding hydrogens is 473 g/mol. The van der Waals surface area contributed by atoms with Crippen molar-refractivity contribution in [2.75, 3.05) is 54.0 Å². The fourth-order valence-corrected chi connectivity index (χ4v) is 5.38. The van der Waals surface area contributed by atoms with Crippen LogP contribution < -0.4 is 14.7 Å². The van der Waals surface area contributed by atoms with Gasteiger partial charge in [-0.1, -0.05) is 32.9 Å². The first-order valence-electron chi connectivity index (χ1n) is 13.1. The molecule has 3 heterocycles. The summed E-state index contributed by atoms with van der Waals surface area (Å²) in [7, 11) is -1.95. The van der Waals surface area contributed by atoms with Gasteiger partial charge in [-0.05, 0) is 44.0 Å². The number of hydrogen-bond donors (Lipinski definition) is 1. The Balaban J connectivity index is 1.35. The molecule has 1 aromatic carbocycles. The van der Waals surface area contributed by atoms with Crippen molar-refractivity contribution < 1.29 is 13.9 Å². The number of aliphatic hydroxyl groups is 1. The van der Waals surface area contributed by atoms with Gasteiger partial charge in [0, 0.05) is 44.8 Å². The second kappa shape index (κ2) is 10.3. The van der Waals surface area contributed by atoms with E-state index in [1.54, 1.807) is 0 Å². The van der Waals surface area contributed by atoms with E-state index in [9.17, 15) is 5.11 Å². The van der Waals surface area contributed by atoms with Gasteiger partial charge in [-0.2, -0.15) is 0 Å². The van der Waals surface area contributed by atoms with Crippen LogP contribution in [0.4, 0.5) is 21.7 Å². The fraction of sp³-hybridized carbons (Fsp3) is 0.630. The second-order valence-electron chi connectivity index (χ2n) is 12.0. The highest BCUT2D eigenvalue weighted by Gasteiger charge is 2.37. The topological polar surface area (TPSA) is 65.0 Å². The van der Waals surface area contributed by atoms with Gasteiger partial charge in [0.1, 0.15) is 0 Å². The van der Waals surface area contributed by atoms with Crippen LogP contribution in [0.1, 0.15) is 46.1 Å². The van der Waals surface area contributed by atoms with Crippen LogP contribution in [0.15, 0.2) is 30.6 Å². The minimum atomic E-state index is -1.95. The molecule has 4 rings (SSSR count). The molecule has 198 valence electrons. The number of benzene rings is 1. The minimum absolute atomic E-state index is 0.0912. The fourth-order valence-electron chi connectivity index (χ4n) is 4.43. The molecule has 36 heavy (non-hydrogen) atoms. The predicted molar refractivity (Wildman–Crippen MR) is 147 cm³/mol. The summed E-state index contributed by atoms with van der Waals surface area (Å²) in [6.07, 6.45) is 5.20. The molecule has 0 amide bonds. The van der Waals surface area contributed by atoms with Crippen LogP contribution in [0.5, 0.6) is 0 Å². The third kappa shape index (κ3) is 6.00. The van der Waals surface area contributed by atoms with E-state index in [1.165, 1.54) is 0 Å². The van der Waals surface area contributed by atoms with Crippen molar-refractivity contribution in [3.63, 3.8) is 0 Å². The van der Waals surface area contributed by atoms with Gasteiger partial charge >= 0.3 is 0 Å². The summed E-state index contributed by atoms with van der Waals surface area (Å²) >= 11 is 0. The number of nitrogens with zero attached hydrogens (tertiary/aromatic N) is 5. The second-order valence-corrected chi connectivity index (χ2v) is 16.8. The lowest BCUT2D eigenvalue weighted by atomic mass is 9.94. The van der Waals surface area contributed by atoms with Gasteiger partial charge in [0.25, 0.3) is 0 Å². The molecule has 0 atom stereocenters. The Kier molecular flexibility index (Phi) is 7.64. The van der Waals surface area contributed by atoms with E-state index in [-0.39, 0.29) is 10.9 Å². The first kappa shape index (κ1) is 26.8. The molecule has 2 fully saturated rings. The van der Waals surface area contributed by atoms with Crippen molar-refractivity contribution in [2.45, 2.75) is 70.9 Å². The lowest BCUT2D eigenvalue weighted by molar-refractivity contribution is 0.0349. The largest absolute Gasteiger partial charge is 0.412 e. The molecule has 2 saturated heterocycles. The first-order valence-corrected chi connectivity index (χ1v) is 16.0. The van der Waals surface area contributed by atoms with Crippen LogP contribution in [-0.2, 0) is 11.0 Å². The highest BCUT2D eigenvalue weighted by molar-refractivity contribution is 6.74. The van der Waals surface area contributed by atoms with Crippen molar-refractivity contribution in [3.8, 4) is 0 Å². The van der Waals surface area contributed by atoms with Crippen LogP contribution in [0, 0.1) is 5.82 Å². The van der Waals surface area contributed by atoms with Gasteiger partial charge in [-0.3, -0.25) is 0 Å². The number of piperidine rings is 1. The quantitative estimate of drug-likeness (QED) is 0.554. The maximum atomic E-state index is 15.5. The molecule has 0 aliphatic carbocycles. The molecule has 0 saturated carbocycles. The van der Waals surface area contributed by atoms with Gasteiger partial charge in [-0.15, -0.1) is 0 Å². The molecule has 2 aliphatic heterocycles. The lowest BCUT2D eigenvalue weighted by Crippen LogP contribution is -2.47. The van der Waals surface area contributed by atoms with Crippen molar-refractivity contribution in [1.29, 1.82) is 0 Å². The number of anilines is 3. The summed E-state index contributed by atoms with van der Waals surface area (Å²) < 4.78 is 21.7. The Labute approximate surface area is 216 Å². The molecule has 2 aliphatic rings. The van der Waals surface area contributed by atoms with E-state index in [1.807, 2.05) is 37.5 Å². The Bertz CT molecular complexity index is 1020. The van der Waals surface area contributed by atoms with Crippen LogP contribution in [-0.4, -0.2) is 68.3 Å². The van der Waals surface area contributed by atoms with Gasteiger partial charge in [0.05, 0.1) is 36.0 Å². The lowest BCUT2D eigenvalue weighted by Gasteiger charge is -2.38. The molecule has 7 nitrogen and oxygen atoms in total. The van der Waals surface area contributed by atoms with Crippen LogP contribution in [0.25, 0.3) is 0 Å². The van der Waals surface area contributed by atoms with Gasteiger partial charge in [0.15, 0.2) is 14.1 Å². The zero-order valence-corrected chi connectivity index (χ0v) is 23.7. The maximum Gasteiger partial charge on any atom is 0.225 e. The SMILES string of the molecule is CC1(O)CCN(c2ncc(N3CCN(c4cccc(CO[Si](C)(C)C(C)(C)C)c4F)CC3)cn2)CC1. The highest BCUT2D eigenvalue weighted by atomic mass is 28.4. The highest BCUT2D eigenvalue weighted by Crippen LogP contribution is 2.37. The molecule has 0 spiro atoms. The normalized spacial score (nSPS) is 19.1. The Morgan fingerprint density at radius 2 is 1.56 bits per heavy atom. The first-order chi connectivity index (χ1) is 16.9.